The first kappa shape index (κ1) is 15.3. The number of halogens is 4. The average molecular weight is 285 g/mol. The summed E-state index contributed by atoms with van der Waals surface area (Å²) in [5, 5.41) is 4.31. The first-order valence-electron chi connectivity index (χ1n) is 5.72. The summed E-state index contributed by atoms with van der Waals surface area (Å²) in [6.45, 7) is 3.88. The molecule has 1 aromatic heterocycles. The first-order valence-corrected chi connectivity index (χ1v) is 6.09. The average Bonchev–Trinajstić information content (AvgIpc) is 2.63. The Morgan fingerprint density at radius 3 is 2.72 bits per heavy atom. The number of nitrogens with zero attached hydrogens (tertiary/aromatic N) is 2. The molecule has 0 N–H and O–H groups in total. The van der Waals surface area contributed by atoms with Crippen LogP contribution in [0.3, 0.4) is 0 Å². The molecule has 1 heterocycles. The lowest BCUT2D eigenvalue weighted by molar-refractivity contribution is -0.137. The van der Waals surface area contributed by atoms with Gasteiger partial charge >= 0.3 is 6.18 Å². The second-order valence-corrected chi connectivity index (χ2v) is 4.49. The van der Waals surface area contributed by atoms with E-state index in [2.05, 4.69) is 5.10 Å². The number of hydrogen-bond donors (Lipinski definition) is 0. The van der Waals surface area contributed by atoms with Gasteiger partial charge in [-0.05, 0) is 13.3 Å². The molecule has 1 atom stereocenters. The van der Waals surface area contributed by atoms with Gasteiger partial charge in [-0.15, -0.1) is 0 Å². The highest BCUT2D eigenvalue weighted by Crippen LogP contribution is 2.21. The first-order chi connectivity index (χ1) is 8.31. The maximum atomic E-state index is 12.0. The second-order valence-electron chi connectivity index (χ2n) is 4.08. The monoisotopic (exact) mass is 284 g/mol. The van der Waals surface area contributed by atoms with Crippen molar-refractivity contribution in [1.82, 2.24) is 9.78 Å². The molecule has 0 saturated carbocycles. The molecule has 1 unspecified atom stereocenters. The lowest BCUT2D eigenvalue weighted by atomic mass is 10.3. The van der Waals surface area contributed by atoms with Crippen molar-refractivity contribution in [2.45, 2.75) is 52.1 Å². The van der Waals surface area contributed by atoms with Crippen molar-refractivity contribution in [1.29, 1.82) is 0 Å². The van der Waals surface area contributed by atoms with Gasteiger partial charge in [0.05, 0.1) is 24.2 Å². The molecule has 1 aromatic rings. The van der Waals surface area contributed by atoms with E-state index in [4.69, 9.17) is 16.3 Å². The Labute approximate surface area is 109 Å². The van der Waals surface area contributed by atoms with Gasteiger partial charge in [-0.2, -0.15) is 18.3 Å². The maximum Gasteiger partial charge on any atom is 0.390 e. The molecule has 3 nitrogen and oxygen atoms in total. The van der Waals surface area contributed by atoms with E-state index in [1.165, 1.54) is 10.9 Å². The minimum Gasteiger partial charge on any atom is -0.372 e. The molecule has 18 heavy (non-hydrogen) atoms. The van der Waals surface area contributed by atoms with Crippen LogP contribution in [0, 0.1) is 0 Å². The third kappa shape index (κ3) is 5.27. The van der Waals surface area contributed by atoms with Crippen molar-refractivity contribution in [3.05, 3.63) is 16.9 Å². The highest BCUT2D eigenvalue weighted by atomic mass is 35.5. The Kier molecular flexibility index (Phi) is 5.47. The lowest BCUT2D eigenvalue weighted by Gasteiger charge is -2.09. The zero-order valence-corrected chi connectivity index (χ0v) is 11.1. The van der Waals surface area contributed by atoms with Crippen LogP contribution in [0.1, 0.15) is 32.4 Å². The Morgan fingerprint density at radius 2 is 2.17 bits per heavy atom. The molecular formula is C11H16ClF3N2O. The van der Waals surface area contributed by atoms with Crippen LogP contribution in [0.2, 0.25) is 5.02 Å². The van der Waals surface area contributed by atoms with Crippen molar-refractivity contribution in [2.24, 2.45) is 0 Å². The molecule has 0 amide bonds. The van der Waals surface area contributed by atoms with E-state index in [9.17, 15) is 13.2 Å². The van der Waals surface area contributed by atoms with E-state index in [0.717, 1.165) is 6.42 Å². The van der Waals surface area contributed by atoms with E-state index >= 15 is 0 Å². The summed E-state index contributed by atoms with van der Waals surface area (Å²) in [5.41, 5.74) is 0.471. The Morgan fingerprint density at radius 1 is 1.50 bits per heavy atom. The zero-order valence-electron chi connectivity index (χ0n) is 10.3. The molecule has 0 spiro atoms. The van der Waals surface area contributed by atoms with Crippen LogP contribution >= 0.6 is 11.6 Å². The number of aryl methyl sites for hydroxylation is 1. The summed E-state index contributed by atoms with van der Waals surface area (Å²) in [5.74, 6) is 0. The van der Waals surface area contributed by atoms with Crippen LogP contribution in [0.5, 0.6) is 0 Å². The summed E-state index contributed by atoms with van der Waals surface area (Å²) in [4.78, 5) is 0. The van der Waals surface area contributed by atoms with Crippen LogP contribution in [-0.4, -0.2) is 22.1 Å². The molecule has 0 bridgehead atoms. The van der Waals surface area contributed by atoms with Gasteiger partial charge in [0.15, 0.2) is 0 Å². The van der Waals surface area contributed by atoms with Gasteiger partial charge in [0, 0.05) is 12.7 Å². The molecular weight excluding hydrogens is 269 g/mol. The smallest absolute Gasteiger partial charge is 0.372 e. The number of rotatable bonds is 6. The fourth-order valence-electron chi connectivity index (χ4n) is 1.23. The minimum atomic E-state index is -4.19. The van der Waals surface area contributed by atoms with E-state index < -0.39 is 12.6 Å². The quantitative estimate of drug-likeness (QED) is 0.794. The van der Waals surface area contributed by atoms with Crippen molar-refractivity contribution in [3.8, 4) is 0 Å². The third-order valence-electron chi connectivity index (χ3n) is 2.49. The highest BCUT2D eigenvalue weighted by molar-refractivity contribution is 6.31. The van der Waals surface area contributed by atoms with Gasteiger partial charge in [-0.25, -0.2) is 0 Å². The number of ether oxygens (including phenoxy) is 1. The number of hydrogen-bond acceptors (Lipinski definition) is 2. The molecule has 1 rings (SSSR count). The molecule has 0 fully saturated rings. The Balaban J connectivity index is 2.53. The second kappa shape index (κ2) is 6.43. The SMILES string of the molecule is CCC(C)OCc1nn(CCC(F)(F)F)cc1Cl. The van der Waals surface area contributed by atoms with Crippen LogP contribution < -0.4 is 0 Å². The van der Waals surface area contributed by atoms with E-state index in [1.807, 2.05) is 13.8 Å². The fourth-order valence-corrected chi connectivity index (χ4v) is 1.43. The molecule has 0 aromatic carbocycles. The molecule has 0 aliphatic carbocycles. The summed E-state index contributed by atoms with van der Waals surface area (Å²) >= 11 is 5.88. The summed E-state index contributed by atoms with van der Waals surface area (Å²) in [6, 6.07) is 0. The van der Waals surface area contributed by atoms with Crippen molar-refractivity contribution >= 4 is 11.6 Å². The number of aromatic nitrogens is 2. The van der Waals surface area contributed by atoms with Crippen LogP contribution in [0.25, 0.3) is 0 Å². The molecule has 0 radical (unpaired) electrons. The van der Waals surface area contributed by atoms with E-state index in [1.54, 1.807) is 0 Å². The van der Waals surface area contributed by atoms with Gasteiger partial charge in [-0.3, -0.25) is 4.68 Å². The maximum absolute atomic E-state index is 12.0. The molecule has 7 heteroatoms. The summed E-state index contributed by atoms with van der Waals surface area (Å²) in [6.07, 6.45) is -2.79. The molecule has 104 valence electrons. The number of alkyl halides is 3. The predicted octanol–water partition coefficient (Wildman–Crippen LogP) is 3.80. The van der Waals surface area contributed by atoms with Crippen molar-refractivity contribution < 1.29 is 17.9 Å². The van der Waals surface area contributed by atoms with Crippen LogP contribution in [-0.2, 0) is 17.9 Å². The molecule has 0 saturated heterocycles. The molecule has 0 aliphatic rings. The summed E-state index contributed by atoms with van der Waals surface area (Å²) < 4.78 is 42.8. The van der Waals surface area contributed by atoms with E-state index in [-0.39, 0.29) is 19.3 Å². The zero-order chi connectivity index (χ0) is 13.8. The van der Waals surface area contributed by atoms with Crippen molar-refractivity contribution in [3.63, 3.8) is 0 Å². The van der Waals surface area contributed by atoms with Gasteiger partial charge in [0.1, 0.15) is 5.69 Å². The van der Waals surface area contributed by atoms with Gasteiger partial charge in [0.25, 0.3) is 0 Å². The molecule has 0 aliphatic heterocycles. The predicted molar refractivity (Wildman–Crippen MR) is 62.5 cm³/mol. The van der Waals surface area contributed by atoms with Crippen LogP contribution in [0.4, 0.5) is 13.2 Å². The summed E-state index contributed by atoms with van der Waals surface area (Å²) in [7, 11) is 0. The lowest BCUT2D eigenvalue weighted by Crippen LogP contribution is -2.13. The minimum absolute atomic E-state index is 0.0707. The topological polar surface area (TPSA) is 27.1 Å². The van der Waals surface area contributed by atoms with Gasteiger partial charge in [-0.1, -0.05) is 18.5 Å². The van der Waals surface area contributed by atoms with E-state index in [0.29, 0.717) is 10.7 Å². The Hall–Kier alpha value is -0.750. The largest absolute Gasteiger partial charge is 0.390 e. The van der Waals surface area contributed by atoms with Crippen LogP contribution in [0.15, 0.2) is 6.20 Å². The fraction of sp³-hybridized carbons (Fsp3) is 0.727. The van der Waals surface area contributed by atoms with Gasteiger partial charge in [0.2, 0.25) is 0 Å². The van der Waals surface area contributed by atoms with Crippen molar-refractivity contribution in [2.75, 3.05) is 0 Å². The van der Waals surface area contributed by atoms with Gasteiger partial charge < -0.3 is 4.74 Å². The Bertz CT molecular complexity index is 379. The highest BCUT2D eigenvalue weighted by Gasteiger charge is 2.27. The normalized spacial score (nSPS) is 13.9. The standard InChI is InChI=1S/C11H16ClF3N2O/c1-3-8(2)18-7-10-9(12)6-17(16-10)5-4-11(13,14)15/h6,8H,3-5,7H2,1-2H3. The third-order valence-corrected chi connectivity index (χ3v) is 2.81.